The van der Waals surface area contributed by atoms with Gasteiger partial charge in [-0.1, -0.05) is 96.2 Å². The van der Waals surface area contributed by atoms with Crippen LogP contribution in [0.25, 0.3) is 11.4 Å². The van der Waals surface area contributed by atoms with Crippen molar-refractivity contribution in [3.05, 3.63) is 113 Å². The Kier molecular flexibility index (Phi) is 7.40. The van der Waals surface area contributed by atoms with E-state index >= 15 is 0 Å². The molecule has 0 saturated heterocycles. The SMILES string of the molecule is Cc1cccc(-c2nc3c(c(SCC(=O)NC(c4ccccc4)c4ccccc4)n2)COC(C)(C)C3)c1. The van der Waals surface area contributed by atoms with E-state index in [1.54, 1.807) is 0 Å². The van der Waals surface area contributed by atoms with Crippen LogP contribution in [0.1, 0.15) is 47.8 Å². The summed E-state index contributed by atoms with van der Waals surface area (Å²) in [5.41, 5.74) is 5.92. The van der Waals surface area contributed by atoms with Gasteiger partial charge in [-0.3, -0.25) is 4.79 Å². The van der Waals surface area contributed by atoms with Crippen LogP contribution in [0.2, 0.25) is 0 Å². The predicted octanol–water partition coefficient (Wildman–Crippen LogP) is 6.30. The lowest BCUT2D eigenvalue weighted by atomic mass is 9.96. The fraction of sp³-hybridized carbons (Fsp3) is 0.258. The second kappa shape index (κ2) is 10.9. The number of hydrogen-bond acceptors (Lipinski definition) is 5. The first-order chi connectivity index (χ1) is 17.9. The fourth-order valence-corrected chi connectivity index (χ4v) is 5.39. The summed E-state index contributed by atoms with van der Waals surface area (Å²) in [7, 11) is 0. The van der Waals surface area contributed by atoms with Crippen LogP contribution in [-0.4, -0.2) is 27.2 Å². The molecule has 37 heavy (non-hydrogen) atoms. The maximum absolute atomic E-state index is 13.2. The third-order valence-electron chi connectivity index (χ3n) is 6.44. The Balaban J connectivity index is 1.40. The fourth-order valence-electron chi connectivity index (χ4n) is 4.54. The van der Waals surface area contributed by atoms with Crippen molar-refractivity contribution in [2.45, 2.75) is 50.5 Å². The summed E-state index contributed by atoms with van der Waals surface area (Å²) < 4.78 is 6.09. The van der Waals surface area contributed by atoms with E-state index in [1.165, 1.54) is 11.8 Å². The average molecular weight is 510 g/mol. The van der Waals surface area contributed by atoms with Gasteiger partial charge in [0.05, 0.1) is 29.7 Å². The van der Waals surface area contributed by atoms with Crippen molar-refractivity contribution < 1.29 is 9.53 Å². The Morgan fingerprint density at radius 2 is 1.65 bits per heavy atom. The molecular weight excluding hydrogens is 478 g/mol. The number of carbonyl (C=O) groups is 1. The first-order valence-electron chi connectivity index (χ1n) is 12.5. The van der Waals surface area contributed by atoms with Crippen molar-refractivity contribution in [3.8, 4) is 11.4 Å². The molecule has 5 nitrogen and oxygen atoms in total. The van der Waals surface area contributed by atoms with E-state index in [2.05, 4.69) is 38.2 Å². The molecule has 0 aliphatic carbocycles. The van der Waals surface area contributed by atoms with E-state index in [1.807, 2.05) is 72.8 Å². The number of benzene rings is 3. The molecule has 2 heterocycles. The molecule has 1 aliphatic rings. The molecule has 5 rings (SSSR count). The molecule has 6 heteroatoms. The number of fused-ring (bicyclic) bond motifs is 1. The minimum Gasteiger partial charge on any atom is -0.370 e. The molecule has 0 saturated carbocycles. The number of carbonyl (C=O) groups excluding carboxylic acids is 1. The lowest BCUT2D eigenvalue weighted by molar-refractivity contribution is -0.119. The molecular formula is C31H31N3O2S. The van der Waals surface area contributed by atoms with E-state index in [0.717, 1.165) is 38.5 Å². The number of rotatable bonds is 7. The van der Waals surface area contributed by atoms with Crippen molar-refractivity contribution >= 4 is 17.7 Å². The van der Waals surface area contributed by atoms with Gasteiger partial charge in [0.15, 0.2) is 5.82 Å². The Morgan fingerprint density at radius 1 is 0.973 bits per heavy atom. The first kappa shape index (κ1) is 25.2. The summed E-state index contributed by atoms with van der Waals surface area (Å²) in [5, 5.41) is 4.04. The van der Waals surface area contributed by atoms with Gasteiger partial charge in [-0.05, 0) is 38.0 Å². The summed E-state index contributed by atoms with van der Waals surface area (Å²) in [6.45, 7) is 6.67. The Labute approximate surface area is 222 Å². The minimum atomic E-state index is -0.289. The number of hydrogen-bond donors (Lipinski definition) is 1. The van der Waals surface area contributed by atoms with Gasteiger partial charge in [-0.2, -0.15) is 0 Å². The van der Waals surface area contributed by atoms with Gasteiger partial charge in [0, 0.05) is 17.5 Å². The largest absolute Gasteiger partial charge is 0.370 e. The third-order valence-corrected chi connectivity index (χ3v) is 7.46. The zero-order chi connectivity index (χ0) is 25.8. The van der Waals surface area contributed by atoms with Gasteiger partial charge in [0.25, 0.3) is 0 Å². The number of nitrogens with zero attached hydrogens (tertiary/aromatic N) is 2. The smallest absolute Gasteiger partial charge is 0.231 e. The maximum Gasteiger partial charge on any atom is 0.231 e. The molecule has 1 aliphatic heterocycles. The van der Waals surface area contributed by atoms with Crippen molar-refractivity contribution in [2.75, 3.05) is 5.75 Å². The predicted molar refractivity (Wildman–Crippen MR) is 148 cm³/mol. The van der Waals surface area contributed by atoms with Crippen molar-refractivity contribution in [2.24, 2.45) is 0 Å². The van der Waals surface area contributed by atoms with Crippen LogP contribution in [-0.2, 0) is 22.6 Å². The molecule has 0 radical (unpaired) electrons. The van der Waals surface area contributed by atoms with E-state index in [0.29, 0.717) is 18.9 Å². The van der Waals surface area contributed by atoms with Gasteiger partial charge in [0.1, 0.15) is 5.03 Å². The molecule has 1 amide bonds. The van der Waals surface area contributed by atoms with Crippen molar-refractivity contribution in [1.82, 2.24) is 15.3 Å². The lowest BCUT2D eigenvalue weighted by Gasteiger charge is -2.32. The molecule has 1 N–H and O–H groups in total. The van der Waals surface area contributed by atoms with Gasteiger partial charge in [-0.25, -0.2) is 9.97 Å². The first-order valence-corrected chi connectivity index (χ1v) is 13.5. The van der Waals surface area contributed by atoms with E-state index in [-0.39, 0.29) is 23.3 Å². The molecule has 1 aromatic heterocycles. The van der Waals surface area contributed by atoms with Gasteiger partial charge in [0.2, 0.25) is 5.91 Å². The van der Waals surface area contributed by atoms with Crippen LogP contribution in [0.3, 0.4) is 0 Å². The zero-order valence-electron chi connectivity index (χ0n) is 21.4. The van der Waals surface area contributed by atoms with Crippen LogP contribution in [0.5, 0.6) is 0 Å². The number of thioether (sulfide) groups is 1. The number of aryl methyl sites for hydroxylation is 1. The summed E-state index contributed by atoms with van der Waals surface area (Å²) in [6, 6.07) is 28.1. The molecule has 0 fully saturated rings. The number of aromatic nitrogens is 2. The zero-order valence-corrected chi connectivity index (χ0v) is 22.2. The third kappa shape index (κ3) is 6.09. The highest BCUT2D eigenvalue weighted by molar-refractivity contribution is 7.99. The highest BCUT2D eigenvalue weighted by atomic mass is 32.2. The summed E-state index contributed by atoms with van der Waals surface area (Å²) in [5.74, 6) is 0.884. The maximum atomic E-state index is 13.2. The van der Waals surface area contributed by atoms with Crippen molar-refractivity contribution in [3.63, 3.8) is 0 Å². The standard InChI is InChI=1S/C31H31N3O2S/c1-21-11-10-16-24(17-21)29-32-26-18-31(2,3)36-19-25(26)30(34-29)37-20-27(35)33-28(22-12-6-4-7-13-22)23-14-8-5-9-15-23/h4-17,28H,18-20H2,1-3H3,(H,33,35). The van der Waals surface area contributed by atoms with Gasteiger partial charge >= 0.3 is 0 Å². The van der Waals surface area contributed by atoms with Crippen LogP contribution >= 0.6 is 11.8 Å². The summed E-state index contributed by atoms with van der Waals surface area (Å²) >= 11 is 1.45. The highest BCUT2D eigenvalue weighted by Crippen LogP contribution is 2.34. The normalized spacial score (nSPS) is 14.3. The van der Waals surface area contributed by atoms with Crippen LogP contribution in [0.15, 0.2) is 90.0 Å². The average Bonchev–Trinajstić information content (AvgIpc) is 2.90. The molecule has 188 valence electrons. The van der Waals surface area contributed by atoms with Crippen LogP contribution in [0, 0.1) is 6.92 Å². The van der Waals surface area contributed by atoms with Crippen molar-refractivity contribution in [1.29, 1.82) is 0 Å². The molecule has 0 unspecified atom stereocenters. The van der Waals surface area contributed by atoms with Gasteiger partial charge < -0.3 is 10.1 Å². The van der Waals surface area contributed by atoms with E-state index in [9.17, 15) is 4.79 Å². The Morgan fingerprint density at radius 3 is 2.30 bits per heavy atom. The van der Waals surface area contributed by atoms with E-state index < -0.39 is 0 Å². The van der Waals surface area contributed by atoms with E-state index in [4.69, 9.17) is 14.7 Å². The molecule has 3 aromatic carbocycles. The molecule has 0 atom stereocenters. The highest BCUT2D eigenvalue weighted by Gasteiger charge is 2.30. The summed E-state index contributed by atoms with van der Waals surface area (Å²) in [6.07, 6.45) is 0.702. The quantitative estimate of drug-likeness (QED) is 0.234. The minimum absolute atomic E-state index is 0.0516. The monoisotopic (exact) mass is 509 g/mol. The number of amides is 1. The Bertz CT molecular complexity index is 1350. The lowest BCUT2D eigenvalue weighted by Crippen LogP contribution is -2.33. The summed E-state index contributed by atoms with van der Waals surface area (Å²) in [4.78, 5) is 23.1. The number of ether oxygens (including phenoxy) is 1. The molecule has 0 spiro atoms. The second-order valence-electron chi connectivity index (χ2n) is 9.98. The van der Waals surface area contributed by atoms with Crippen LogP contribution in [0.4, 0.5) is 0 Å². The van der Waals surface area contributed by atoms with Crippen LogP contribution < -0.4 is 5.32 Å². The topological polar surface area (TPSA) is 64.1 Å². The molecule has 4 aromatic rings. The number of nitrogens with one attached hydrogen (secondary N) is 1. The Hall–Kier alpha value is -3.48. The molecule has 0 bridgehead atoms. The second-order valence-corrected chi connectivity index (χ2v) is 10.9. The van der Waals surface area contributed by atoms with Gasteiger partial charge in [-0.15, -0.1) is 0 Å².